The van der Waals surface area contributed by atoms with Crippen LogP contribution < -0.4 is 5.32 Å². The molecule has 0 aromatic carbocycles. The van der Waals surface area contributed by atoms with Gasteiger partial charge in [-0.15, -0.1) is 0 Å². The Labute approximate surface area is 108 Å². The molecule has 0 saturated heterocycles. The second-order valence-electron chi connectivity index (χ2n) is 4.47. The van der Waals surface area contributed by atoms with Crippen molar-refractivity contribution < 1.29 is 0 Å². The highest BCUT2D eigenvalue weighted by Crippen LogP contribution is 2.18. The van der Waals surface area contributed by atoms with E-state index in [2.05, 4.69) is 34.6 Å². The lowest BCUT2D eigenvalue weighted by Gasteiger charge is -2.18. The zero-order valence-electron chi connectivity index (χ0n) is 11.3. The molecule has 1 N–H and O–H groups in total. The number of nitrogens with one attached hydrogen (secondary N) is 1. The third-order valence-corrected chi connectivity index (χ3v) is 3.28. The molecule has 0 amide bonds. The molecule has 1 unspecified atom stereocenters. The third-order valence-electron chi connectivity index (χ3n) is 3.28. The fraction of sp³-hybridized carbons (Fsp3) is 0.538. The van der Waals surface area contributed by atoms with E-state index in [9.17, 15) is 0 Å². The van der Waals surface area contributed by atoms with Crippen LogP contribution in [0.2, 0.25) is 0 Å². The molecule has 0 spiro atoms. The molecule has 2 rings (SSSR count). The molecule has 0 aliphatic heterocycles. The molecule has 0 fully saturated rings. The van der Waals surface area contributed by atoms with Crippen LogP contribution in [0.4, 0.5) is 0 Å². The van der Waals surface area contributed by atoms with E-state index < -0.39 is 0 Å². The first-order valence-electron chi connectivity index (χ1n) is 6.40. The van der Waals surface area contributed by atoms with E-state index >= 15 is 0 Å². The molecule has 0 saturated carbocycles. The molecule has 0 aliphatic carbocycles. The van der Waals surface area contributed by atoms with Gasteiger partial charge in [0.25, 0.3) is 0 Å². The van der Waals surface area contributed by atoms with Crippen molar-refractivity contribution in [1.29, 1.82) is 0 Å². The van der Waals surface area contributed by atoms with Gasteiger partial charge in [0.1, 0.15) is 0 Å². The lowest BCUT2D eigenvalue weighted by molar-refractivity contribution is 0.474. The number of aryl methyl sites for hydroxylation is 3. The van der Waals surface area contributed by atoms with Gasteiger partial charge in [0.15, 0.2) is 0 Å². The molecule has 1 atom stereocenters. The highest BCUT2D eigenvalue weighted by atomic mass is 15.3. The van der Waals surface area contributed by atoms with Gasteiger partial charge in [-0.1, -0.05) is 6.92 Å². The summed E-state index contributed by atoms with van der Waals surface area (Å²) in [6, 6.07) is 4.50. The fourth-order valence-electron chi connectivity index (χ4n) is 2.27. The number of hydrogen-bond donors (Lipinski definition) is 1. The van der Waals surface area contributed by atoms with Crippen molar-refractivity contribution in [1.82, 2.24) is 24.9 Å². The summed E-state index contributed by atoms with van der Waals surface area (Å²) in [6.45, 7) is 3.09. The lowest BCUT2D eigenvalue weighted by Crippen LogP contribution is -2.24. The summed E-state index contributed by atoms with van der Waals surface area (Å²) in [5.41, 5.74) is 2.50. The van der Waals surface area contributed by atoms with Crippen molar-refractivity contribution in [3.8, 4) is 0 Å². The predicted octanol–water partition coefficient (Wildman–Crippen LogP) is 1.44. The van der Waals surface area contributed by atoms with Crippen LogP contribution in [0.15, 0.2) is 24.5 Å². The van der Waals surface area contributed by atoms with Crippen LogP contribution in [-0.4, -0.2) is 26.1 Å². The van der Waals surface area contributed by atoms with Gasteiger partial charge in [0, 0.05) is 38.2 Å². The van der Waals surface area contributed by atoms with Crippen LogP contribution in [0.3, 0.4) is 0 Å². The number of rotatable bonds is 6. The zero-order valence-corrected chi connectivity index (χ0v) is 11.3. The number of nitrogens with zero attached hydrogens (tertiary/aromatic N) is 4. The molecule has 5 heteroatoms. The molecular weight excluding hydrogens is 226 g/mol. The highest BCUT2D eigenvalue weighted by Gasteiger charge is 2.14. The van der Waals surface area contributed by atoms with E-state index in [4.69, 9.17) is 0 Å². The Morgan fingerprint density at radius 1 is 1.17 bits per heavy atom. The van der Waals surface area contributed by atoms with Gasteiger partial charge in [0.2, 0.25) is 0 Å². The van der Waals surface area contributed by atoms with E-state index in [0.717, 1.165) is 19.4 Å². The van der Waals surface area contributed by atoms with Gasteiger partial charge in [0.05, 0.1) is 5.69 Å². The predicted molar refractivity (Wildman–Crippen MR) is 71.2 cm³/mol. The van der Waals surface area contributed by atoms with Gasteiger partial charge < -0.3 is 5.32 Å². The first-order valence-corrected chi connectivity index (χ1v) is 6.40. The van der Waals surface area contributed by atoms with Crippen LogP contribution in [-0.2, 0) is 20.5 Å². The minimum Gasteiger partial charge on any atom is -0.309 e. The molecule has 0 bridgehead atoms. The van der Waals surface area contributed by atoms with Crippen molar-refractivity contribution in [2.24, 2.45) is 14.1 Å². The number of aromatic nitrogens is 4. The first-order chi connectivity index (χ1) is 8.72. The lowest BCUT2D eigenvalue weighted by atomic mass is 10.1. The molecule has 2 heterocycles. The van der Waals surface area contributed by atoms with Crippen molar-refractivity contribution >= 4 is 0 Å². The van der Waals surface area contributed by atoms with Gasteiger partial charge in [-0.25, -0.2) is 0 Å². The topological polar surface area (TPSA) is 47.7 Å². The van der Waals surface area contributed by atoms with E-state index in [1.54, 1.807) is 0 Å². The Balaban J connectivity index is 2.03. The van der Waals surface area contributed by atoms with Crippen molar-refractivity contribution in [3.05, 3.63) is 35.9 Å². The summed E-state index contributed by atoms with van der Waals surface area (Å²) >= 11 is 0. The van der Waals surface area contributed by atoms with Crippen LogP contribution in [0.1, 0.15) is 30.8 Å². The Bertz CT molecular complexity index is 485. The summed E-state index contributed by atoms with van der Waals surface area (Å²) in [4.78, 5) is 0. The molecular formula is C13H21N5. The van der Waals surface area contributed by atoms with E-state index in [0.29, 0.717) is 6.04 Å². The van der Waals surface area contributed by atoms with Crippen LogP contribution in [0, 0.1) is 0 Å². The van der Waals surface area contributed by atoms with E-state index in [1.807, 2.05) is 35.9 Å². The maximum Gasteiger partial charge on any atom is 0.0550 e. The summed E-state index contributed by atoms with van der Waals surface area (Å²) in [6.07, 6.45) is 5.76. The standard InChI is InChI=1S/C13H21N5/c1-4-14-12(13-8-10-16-18(13)3)6-5-11-7-9-15-17(11)2/h7-10,12,14H,4-6H2,1-3H3. The molecule has 0 radical (unpaired) electrons. The minimum atomic E-state index is 0.345. The molecule has 98 valence electrons. The Kier molecular flexibility index (Phi) is 4.15. The molecule has 2 aromatic rings. The monoisotopic (exact) mass is 247 g/mol. The third kappa shape index (κ3) is 2.79. The molecule has 2 aromatic heterocycles. The van der Waals surface area contributed by atoms with Gasteiger partial charge in [-0.05, 0) is 31.5 Å². The van der Waals surface area contributed by atoms with E-state index in [-0.39, 0.29) is 0 Å². The summed E-state index contributed by atoms with van der Waals surface area (Å²) in [5, 5.41) is 12.0. The smallest absolute Gasteiger partial charge is 0.0550 e. The van der Waals surface area contributed by atoms with Crippen LogP contribution >= 0.6 is 0 Å². The quantitative estimate of drug-likeness (QED) is 0.840. The van der Waals surface area contributed by atoms with Crippen molar-refractivity contribution in [2.45, 2.75) is 25.8 Å². The maximum atomic E-state index is 4.24. The van der Waals surface area contributed by atoms with Gasteiger partial charge in [-0.2, -0.15) is 10.2 Å². The highest BCUT2D eigenvalue weighted by molar-refractivity contribution is 5.08. The van der Waals surface area contributed by atoms with Gasteiger partial charge in [-0.3, -0.25) is 9.36 Å². The Morgan fingerprint density at radius 3 is 2.44 bits per heavy atom. The molecule has 18 heavy (non-hydrogen) atoms. The number of hydrogen-bond acceptors (Lipinski definition) is 3. The first kappa shape index (κ1) is 12.8. The second kappa shape index (κ2) is 5.82. The summed E-state index contributed by atoms with van der Waals surface area (Å²) in [7, 11) is 3.98. The Hall–Kier alpha value is -1.62. The second-order valence-corrected chi connectivity index (χ2v) is 4.47. The van der Waals surface area contributed by atoms with E-state index in [1.165, 1.54) is 11.4 Å². The summed E-state index contributed by atoms with van der Waals surface area (Å²) in [5.74, 6) is 0. The normalized spacial score (nSPS) is 12.8. The average molecular weight is 247 g/mol. The zero-order chi connectivity index (χ0) is 13.0. The largest absolute Gasteiger partial charge is 0.309 e. The average Bonchev–Trinajstić information content (AvgIpc) is 2.94. The summed E-state index contributed by atoms with van der Waals surface area (Å²) < 4.78 is 3.88. The van der Waals surface area contributed by atoms with Crippen LogP contribution in [0.5, 0.6) is 0 Å². The van der Waals surface area contributed by atoms with Gasteiger partial charge >= 0.3 is 0 Å². The molecule has 0 aliphatic rings. The fourth-order valence-corrected chi connectivity index (χ4v) is 2.27. The minimum absolute atomic E-state index is 0.345. The van der Waals surface area contributed by atoms with Crippen molar-refractivity contribution in [3.63, 3.8) is 0 Å². The maximum absolute atomic E-state index is 4.24. The SMILES string of the molecule is CCNC(CCc1ccnn1C)c1ccnn1C. The van der Waals surface area contributed by atoms with Crippen LogP contribution in [0.25, 0.3) is 0 Å². The molecule has 5 nitrogen and oxygen atoms in total. The van der Waals surface area contributed by atoms with Crippen molar-refractivity contribution in [2.75, 3.05) is 6.54 Å². The Morgan fingerprint density at radius 2 is 1.89 bits per heavy atom.